The van der Waals surface area contributed by atoms with E-state index >= 15 is 0 Å². The first-order chi connectivity index (χ1) is 10.2. The second-order valence-electron chi connectivity index (χ2n) is 6.67. The number of amides is 1. The molecule has 21 heavy (non-hydrogen) atoms. The summed E-state index contributed by atoms with van der Waals surface area (Å²) in [6.07, 6.45) is 8.13. The third-order valence-electron chi connectivity index (χ3n) is 5.25. The minimum atomic E-state index is 0.329. The molecule has 2 N–H and O–H groups in total. The van der Waals surface area contributed by atoms with Gasteiger partial charge in [-0.15, -0.1) is 0 Å². The van der Waals surface area contributed by atoms with Crippen molar-refractivity contribution in [1.82, 2.24) is 4.90 Å². The van der Waals surface area contributed by atoms with Crippen LogP contribution in [0.3, 0.4) is 0 Å². The van der Waals surface area contributed by atoms with Gasteiger partial charge in [0.25, 0.3) is 0 Å². The van der Waals surface area contributed by atoms with E-state index in [-0.39, 0.29) is 0 Å². The molecule has 0 aromatic heterocycles. The fraction of sp³-hybridized carbons (Fsp3) is 0.611. The van der Waals surface area contributed by atoms with Gasteiger partial charge in [0.2, 0.25) is 5.91 Å². The van der Waals surface area contributed by atoms with E-state index in [1.807, 2.05) is 24.3 Å². The molecule has 1 saturated carbocycles. The van der Waals surface area contributed by atoms with Crippen molar-refractivity contribution in [3.63, 3.8) is 0 Å². The maximum Gasteiger partial charge on any atom is 0.222 e. The minimum absolute atomic E-state index is 0.329. The summed E-state index contributed by atoms with van der Waals surface area (Å²) in [6, 6.07) is 7.87. The van der Waals surface area contributed by atoms with Gasteiger partial charge in [-0.3, -0.25) is 4.79 Å². The molecule has 3 rings (SSSR count). The average Bonchev–Trinajstić information content (AvgIpc) is 2.53. The number of anilines is 1. The van der Waals surface area contributed by atoms with E-state index in [2.05, 4.69) is 4.90 Å². The summed E-state index contributed by atoms with van der Waals surface area (Å²) in [5, 5.41) is 0. The van der Waals surface area contributed by atoms with Crippen LogP contribution in [0, 0.1) is 11.8 Å². The standard InChI is InChI=1S/C18H26N2O/c19-17-8-5-14(6-9-17)7-10-18(21)20-12-11-15-3-1-2-4-16(15)13-20/h5-6,8-9,15-16H,1-4,7,10-13,19H2. The van der Waals surface area contributed by atoms with Crippen molar-refractivity contribution < 1.29 is 4.79 Å². The molecule has 114 valence electrons. The average molecular weight is 286 g/mol. The van der Waals surface area contributed by atoms with E-state index in [9.17, 15) is 4.79 Å². The predicted octanol–water partition coefficient (Wildman–Crippen LogP) is 3.24. The van der Waals surface area contributed by atoms with Crippen molar-refractivity contribution >= 4 is 11.6 Å². The third-order valence-corrected chi connectivity index (χ3v) is 5.25. The zero-order valence-corrected chi connectivity index (χ0v) is 12.8. The first kappa shape index (κ1) is 14.4. The van der Waals surface area contributed by atoms with Gasteiger partial charge < -0.3 is 10.6 Å². The molecule has 0 bridgehead atoms. The molecule has 1 amide bonds. The number of aryl methyl sites for hydroxylation is 1. The normalized spacial score (nSPS) is 25.4. The smallest absolute Gasteiger partial charge is 0.222 e. The molecule has 2 fully saturated rings. The third kappa shape index (κ3) is 3.58. The topological polar surface area (TPSA) is 46.3 Å². The summed E-state index contributed by atoms with van der Waals surface area (Å²) in [4.78, 5) is 14.5. The lowest BCUT2D eigenvalue weighted by atomic mass is 9.75. The van der Waals surface area contributed by atoms with Crippen LogP contribution in [-0.2, 0) is 11.2 Å². The van der Waals surface area contributed by atoms with Crippen molar-refractivity contribution in [2.75, 3.05) is 18.8 Å². The molecule has 3 heteroatoms. The summed E-state index contributed by atoms with van der Waals surface area (Å²) in [5.74, 6) is 1.99. The maximum absolute atomic E-state index is 12.4. The van der Waals surface area contributed by atoms with E-state index < -0.39 is 0 Å². The highest BCUT2D eigenvalue weighted by Gasteiger charge is 2.32. The molecule has 1 saturated heterocycles. The van der Waals surface area contributed by atoms with Gasteiger partial charge in [-0.25, -0.2) is 0 Å². The minimum Gasteiger partial charge on any atom is -0.399 e. The Kier molecular flexibility index (Phi) is 4.47. The lowest BCUT2D eigenvalue weighted by molar-refractivity contribution is -0.134. The Balaban J connectivity index is 1.50. The summed E-state index contributed by atoms with van der Waals surface area (Å²) >= 11 is 0. The Morgan fingerprint density at radius 1 is 1.10 bits per heavy atom. The fourth-order valence-corrected chi connectivity index (χ4v) is 3.92. The number of nitrogen functional groups attached to an aromatic ring is 1. The van der Waals surface area contributed by atoms with E-state index in [0.717, 1.165) is 37.0 Å². The van der Waals surface area contributed by atoms with Gasteiger partial charge >= 0.3 is 0 Å². The molecule has 1 aromatic carbocycles. The number of hydrogen-bond acceptors (Lipinski definition) is 2. The molecule has 1 aliphatic heterocycles. The number of nitrogens with zero attached hydrogens (tertiary/aromatic N) is 1. The van der Waals surface area contributed by atoms with Gasteiger partial charge in [-0.2, -0.15) is 0 Å². The lowest BCUT2D eigenvalue weighted by Gasteiger charge is -2.41. The fourth-order valence-electron chi connectivity index (χ4n) is 3.92. The maximum atomic E-state index is 12.4. The molecule has 1 aliphatic carbocycles. The van der Waals surface area contributed by atoms with Crippen LogP contribution >= 0.6 is 0 Å². The van der Waals surface area contributed by atoms with Crippen molar-refractivity contribution in [3.8, 4) is 0 Å². The highest BCUT2D eigenvalue weighted by atomic mass is 16.2. The Labute approximate surface area is 127 Å². The summed E-state index contributed by atoms with van der Waals surface area (Å²) in [5.41, 5.74) is 7.67. The van der Waals surface area contributed by atoms with Crippen LogP contribution in [0.15, 0.2) is 24.3 Å². The Morgan fingerprint density at radius 2 is 1.81 bits per heavy atom. The molecule has 0 radical (unpaired) electrons. The van der Waals surface area contributed by atoms with E-state index in [0.29, 0.717) is 12.3 Å². The van der Waals surface area contributed by atoms with Gasteiger partial charge in [0, 0.05) is 25.2 Å². The highest BCUT2D eigenvalue weighted by molar-refractivity contribution is 5.76. The number of likely N-dealkylation sites (tertiary alicyclic amines) is 1. The Bertz CT molecular complexity index is 482. The number of carbonyl (C=O) groups is 1. The van der Waals surface area contributed by atoms with Crippen molar-refractivity contribution in [1.29, 1.82) is 0 Å². The molecule has 2 aliphatic rings. The highest BCUT2D eigenvalue weighted by Crippen LogP contribution is 2.36. The number of hydrogen-bond donors (Lipinski definition) is 1. The van der Waals surface area contributed by atoms with Crippen molar-refractivity contribution in [2.24, 2.45) is 11.8 Å². The number of benzene rings is 1. The van der Waals surface area contributed by atoms with Gasteiger partial charge in [-0.05, 0) is 48.8 Å². The number of fused-ring (bicyclic) bond motifs is 1. The molecular formula is C18H26N2O. The molecule has 2 atom stereocenters. The van der Waals surface area contributed by atoms with Gasteiger partial charge in [0.05, 0.1) is 0 Å². The molecule has 1 heterocycles. The summed E-state index contributed by atoms with van der Waals surface area (Å²) in [6.45, 7) is 1.98. The predicted molar refractivity (Wildman–Crippen MR) is 85.8 cm³/mol. The zero-order valence-electron chi connectivity index (χ0n) is 12.8. The van der Waals surface area contributed by atoms with Crippen LogP contribution in [0.5, 0.6) is 0 Å². The van der Waals surface area contributed by atoms with Crippen molar-refractivity contribution in [3.05, 3.63) is 29.8 Å². The number of piperidine rings is 1. The van der Waals surface area contributed by atoms with Crippen LogP contribution < -0.4 is 5.73 Å². The number of rotatable bonds is 3. The molecule has 2 unspecified atom stereocenters. The quantitative estimate of drug-likeness (QED) is 0.867. The number of carbonyl (C=O) groups excluding carboxylic acids is 1. The van der Waals surface area contributed by atoms with E-state index in [1.54, 1.807) is 0 Å². The summed E-state index contributed by atoms with van der Waals surface area (Å²) < 4.78 is 0. The van der Waals surface area contributed by atoms with E-state index in [4.69, 9.17) is 5.73 Å². The largest absolute Gasteiger partial charge is 0.399 e. The zero-order chi connectivity index (χ0) is 14.7. The van der Waals surface area contributed by atoms with Gasteiger partial charge in [0.15, 0.2) is 0 Å². The van der Waals surface area contributed by atoms with Crippen LogP contribution in [0.1, 0.15) is 44.1 Å². The van der Waals surface area contributed by atoms with Crippen LogP contribution in [0.4, 0.5) is 5.69 Å². The van der Waals surface area contributed by atoms with E-state index in [1.165, 1.54) is 37.7 Å². The molecule has 3 nitrogen and oxygen atoms in total. The second-order valence-corrected chi connectivity index (χ2v) is 6.67. The molecule has 0 spiro atoms. The first-order valence-electron chi connectivity index (χ1n) is 8.34. The van der Waals surface area contributed by atoms with Gasteiger partial charge in [0.1, 0.15) is 0 Å². The second kappa shape index (κ2) is 6.50. The van der Waals surface area contributed by atoms with Crippen molar-refractivity contribution in [2.45, 2.75) is 44.9 Å². The van der Waals surface area contributed by atoms with Crippen LogP contribution in [-0.4, -0.2) is 23.9 Å². The SMILES string of the molecule is Nc1ccc(CCC(=O)N2CCC3CCCCC3C2)cc1. The molecular weight excluding hydrogens is 260 g/mol. The Hall–Kier alpha value is -1.51. The van der Waals surface area contributed by atoms with Crippen LogP contribution in [0.25, 0.3) is 0 Å². The lowest BCUT2D eigenvalue weighted by Crippen LogP contribution is -2.44. The number of nitrogens with two attached hydrogens (primary N) is 1. The monoisotopic (exact) mass is 286 g/mol. The summed E-state index contributed by atoms with van der Waals surface area (Å²) in [7, 11) is 0. The Morgan fingerprint density at radius 3 is 2.57 bits per heavy atom. The molecule has 1 aromatic rings. The van der Waals surface area contributed by atoms with Gasteiger partial charge in [-0.1, -0.05) is 31.4 Å². The van der Waals surface area contributed by atoms with Crippen LogP contribution in [0.2, 0.25) is 0 Å². The first-order valence-corrected chi connectivity index (χ1v) is 8.34.